The zero-order valence-electron chi connectivity index (χ0n) is 14.3. The van der Waals surface area contributed by atoms with Crippen LogP contribution in [-0.2, 0) is 16.0 Å². The number of amides is 1. The van der Waals surface area contributed by atoms with Gasteiger partial charge in [0, 0.05) is 13.1 Å². The summed E-state index contributed by atoms with van der Waals surface area (Å²) in [6, 6.07) is 8.31. The minimum absolute atomic E-state index is 0.102. The summed E-state index contributed by atoms with van der Waals surface area (Å²) in [4.78, 5) is 25.4. The van der Waals surface area contributed by atoms with Crippen LogP contribution >= 0.6 is 0 Å². The van der Waals surface area contributed by atoms with Crippen LogP contribution in [-0.4, -0.2) is 35.0 Å². The van der Waals surface area contributed by atoms with Gasteiger partial charge in [0.15, 0.2) is 0 Å². The predicted molar refractivity (Wildman–Crippen MR) is 90.3 cm³/mol. The number of likely N-dealkylation sites (tertiary alicyclic amines) is 1. The lowest BCUT2D eigenvalue weighted by atomic mass is 9.93. The van der Waals surface area contributed by atoms with Gasteiger partial charge >= 0.3 is 5.97 Å². The van der Waals surface area contributed by atoms with Crippen LogP contribution in [0.1, 0.15) is 50.7 Å². The Hall–Kier alpha value is -1.84. The van der Waals surface area contributed by atoms with Crippen molar-refractivity contribution in [1.29, 1.82) is 0 Å². The minimum atomic E-state index is -0.745. The van der Waals surface area contributed by atoms with E-state index < -0.39 is 5.97 Å². The summed E-state index contributed by atoms with van der Waals surface area (Å²) in [5.41, 5.74) is 2.33. The van der Waals surface area contributed by atoms with E-state index in [1.807, 2.05) is 24.0 Å². The van der Waals surface area contributed by atoms with Gasteiger partial charge in [0.2, 0.25) is 5.91 Å². The molecule has 1 saturated heterocycles. The van der Waals surface area contributed by atoms with Crippen LogP contribution in [0.3, 0.4) is 0 Å². The number of nitrogens with zero attached hydrogens (tertiary/aromatic N) is 1. The Kier molecular flexibility index (Phi) is 5.80. The van der Waals surface area contributed by atoms with Crippen molar-refractivity contribution >= 4 is 11.9 Å². The van der Waals surface area contributed by atoms with Gasteiger partial charge in [-0.05, 0) is 43.2 Å². The van der Waals surface area contributed by atoms with E-state index in [0.29, 0.717) is 31.8 Å². The SMILES string of the molecule is CC(C)Cc1ccc(C(C)C(=O)N2CCC(C(=O)O)CC2)cc1. The first-order chi connectivity index (χ1) is 10.9. The lowest BCUT2D eigenvalue weighted by Crippen LogP contribution is -2.42. The number of hydrogen-bond acceptors (Lipinski definition) is 2. The van der Waals surface area contributed by atoms with E-state index in [0.717, 1.165) is 12.0 Å². The summed E-state index contributed by atoms with van der Waals surface area (Å²) >= 11 is 0. The Morgan fingerprint density at radius 2 is 1.70 bits per heavy atom. The Bertz CT molecular complexity index is 542. The molecule has 1 aliphatic heterocycles. The second kappa shape index (κ2) is 7.62. The lowest BCUT2D eigenvalue weighted by Gasteiger charge is -2.32. The maximum absolute atomic E-state index is 12.6. The molecule has 0 radical (unpaired) electrons. The number of piperidine rings is 1. The number of carbonyl (C=O) groups is 2. The molecule has 0 saturated carbocycles. The highest BCUT2D eigenvalue weighted by atomic mass is 16.4. The third kappa shape index (κ3) is 4.57. The van der Waals surface area contributed by atoms with Crippen molar-refractivity contribution in [3.05, 3.63) is 35.4 Å². The average molecular weight is 317 g/mol. The first-order valence-electron chi connectivity index (χ1n) is 8.49. The second-order valence-electron chi connectivity index (χ2n) is 7.00. The summed E-state index contributed by atoms with van der Waals surface area (Å²) < 4.78 is 0. The molecule has 4 nitrogen and oxygen atoms in total. The molecule has 0 spiro atoms. The first kappa shape index (κ1) is 17.5. The van der Waals surface area contributed by atoms with Gasteiger partial charge < -0.3 is 10.0 Å². The monoisotopic (exact) mass is 317 g/mol. The summed E-state index contributed by atoms with van der Waals surface area (Å²) in [5.74, 6) is -0.499. The molecule has 2 rings (SSSR count). The number of carbonyl (C=O) groups excluding carboxylic acids is 1. The molecule has 23 heavy (non-hydrogen) atoms. The third-order valence-corrected chi connectivity index (χ3v) is 4.65. The fourth-order valence-corrected chi connectivity index (χ4v) is 3.18. The highest BCUT2D eigenvalue weighted by molar-refractivity contribution is 5.83. The molecule has 1 aromatic carbocycles. The van der Waals surface area contributed by atoms with Gasteiger partial charge in [0.25, 0.3) is 0 Å². The van der Waals surface area contributed by atoms with E-state index in [4.69, 9.17) is 5.11 Å². The number of carboxylic acids is 1. The molecule has 126 valence electrons. The van der Waals surface area contributed by atoms with Crippen LogP contribution in [0, 0.1) is 11.8 Å². The second-order valence-corrected chi connectivity index (χ2v) is 7.00. The third-order valence-electron chi connectivity index (χ3n) is 4.65. The Morgan fingerprint density at radius 3 is 2.17 bits per heavy atom. The van der Waals surface area contributed by atoms with Gasteiger partial charge in [0.05, 0.1) is 11.8 Å². The van der Waals surface area contributed by atoms with Crippen LogP contribution in [0.4, 0.5) is 0 Å². The largest absolute Gasteiger partial charge is 0.481 e. The van der Waals surface area contributed by atoms with E-state index in [1.54, 1.807) is 0 Å². The van der Waals surface area contributed by atoms with Crippen molar-refractivity contribution in [3.8, 4) is 0 Å². The molecule has 1 heterocycles. The Balaban J connectivity index is 1.96. The lowest BCUT2D eigenvalue weighted by molar-refractivity contribution is -0.146. The van der Waals surface area contributed by atoms with Crippen LogP contribution in [0.15, 0.2) is 24.3 Å². The highest BCUT2D eigenvalue weighted by Crippen LogP contribution is 2.24. The summed E-state index contributed by atoms with van der Waals surface area (Å²) in [6.07, 6.45) is 2.16. The van der Waals surface area contributed by atoms with E-state index >= 15 is 0 Å². The van der Waals surface area contributed by atoms with Crippen LogP contribution in [0.2, 0.25) is 0 Å². The van der Waals surface area contributed by atoms with Crippen molar-refractivity contribution in [3.63, 3.8) is 0 Å². The first-order valence-corrected chi connectivity index (χ1v) is 8.49. The molecular weight excluding hydrogens is 290 g/mol. The van der Waals surface area contributed by atoms with E-state index in [1.165, 1.54) is 5.56 Å². The number of carboxylic acid groups (broad SMARTS) is 1. The summed E-state index contributed by atoms with van der Waals surface area (Å²) in [6.45, 7) is 7.42. The number of hydrogen-bond donors (Lipinski definition) is 1. The van der Waals surface area contributed by atoms with Gasteiger partial charge in [-0.25, -0.2) is 0 Å². The average Bonchev–Trinajstić information content (AvgIpc) is 2.53. The topological polar surface area (TPSA) is 57.6 Å². The molecule has 0 aromatic heterocycles. The zero-order chi connectivity index (χ0) is 17.0. The van der Waals surface area contributed by atoms with Crippen molar-refractivity contribution in [2.24, 2.45) is 11.8 Å². The number of benzene rings is 1. The Morgan fingerprint density at radius 1 is 1.13 bits per heavy atom. The molecule has 0 aliphatic carbocycles. The van der Waals surface area contributed by atoms with Crippen molar-refractivity contribution in [1.82, 2.24) is 4.90 Å². The van der Waals surface area contributed by atoms with Gasteiger partial charge in [-0.3, -0.25) is 9.59 Å². The molecule has 1 amide bonds. The highest BCUT2D eigenvalue weighted by Gasteiger charge is 2.29. The summed E-state index contributed by atoms with van der Waals surface area (Å²) in [7, 11) is 0. The number of rotatable bonds is 5. The minimum Gasteiger partial charge on any atom is -0.481 e. The molecule has 1 unspecified atom stereocenters. The fourth-order valence-electron chi connectivity index (χ4n) is 3.18. The summed E-state index contributed by atoms with van der Waals surface area (Å²) in [5, 5.41) is 9.04. The number of aliphatic carboxylic acids is 1. The van der Waals surface area contributed by atoms with Gasteiger partial charge in [-0.1, -0.05) is 38.1 Å². The predicted octanol–water partition coefficient (Wildman–Crippen LogP) is 3.31. The molecule has 4 heteroatoms. The van der Waals surface area contributed by atoms with Crippen molar-refractivity contribution < 1.29 is 14.7 Å². The maximum atomic E-state index is 12.6. The maximum Gasteiger partial charge on any atom is 0.306 e. The van der Waals surface area contributed by atoms with Crippen LogP contribution in [0.5, 0.6) is 0 Å². The van der Waals surface area contributed by atoms with Gasteiger partial charge in [-0.2, -0.15) is 0 Å². The van der Waals surface area contributed by atoms with E-state index in [9.17, 15) is 9.59 Å². The Labute approximate surface area is 138 Å². The molecule has 1 atom stereocenters. The molecule has 1 fully saturated rings. The van der Waals surface area contributed by atoms with E-state index in [2.05, 4.69) is 26.0 Å². The normalized spacial score (nSPS) is 17.3. The standard InChI is InChI=1S/C19H27NO3/c1-13(2)12-15-4-6-16(7-5-15)14(3)18(21)20-10-8-17(9-11-20)19(22)23/h4-7,13-14,17H,8-12H2,1-3H3,(H,22,23). The van der Waals surface area contributed by atoms with Crippen molar-refractivity contribution in [2.75, 3.05) is 13.1 Å². The van der Waals surface area contributed by atoms with Crippen molar-refractivity contribution in [2.45, 2.75) is 46.0 Å². The van der Waals surface area contributed by atoms with Crippen LogP contribution < -0.4 is 0 Å². The smallest absolute Gasteiger partial charge is 0.306 e. The van der Waals surface area contributed by atoms with Crippen LogP contribution in [0.25, 0.3) is 0 Å². The molecular formula is C19H27NO3. The van der Waals surface area contributed by atoms with E-state index in [-0.39, 0.29) is 17.7 Å². The molecule has 1 aromatic rings. The molecule has 1 aliphatic rings. The van der Waals surface area contributed by atoms with Gasteiger partial charge in [0.1, 0.15) is 0 Å². The van der Waals surface area contributed by atoms with Gasteiger partial charge in [-0.15, -0.1) is 0 Å². The molecule has 1 N–H and O–H groups in total. The molecule has 0 bridgehead atoms. The quantitative estimate of drug-likeness (QED) is 0.906. The zero-order valence-corrected chi connectivity index (χ0v) is 14.3. The fraction of sp³-hybridized carbons (Fsp3) is 0.579.